The lowest BCUT2D eigenvalue weighted by Crippen LogP contribution is -2.42. The maximum atomic E-state index is 12.8. The quantitative estimate of drug-likeness (QED) is 0.937. The van der Waals surface area contributed by atoms with E-state index in [1.807, 2.05) is 0 Å². The van der Waals surface area contributed by atoms with Crippen LogP contribution in [0.5, 0.6) is 0 Å². The lowest BCUT2D eigenvalue weighted by Gasteiger charge is -2.32. The monoisotopic (exact) mass is 328 g/mol. The van der Waals surface area contributed by atoms with Crippen molar-refractivity contribution in [1.29, 1.82) is 0 Å². The van der Waals surface area contributed by atoms with Gasteiger partial charge in [-0.1, -0.05) is 6.92 Å². The third kappa shape index (κ3) is 3.39. The average molecular weight is 328 g/mol. The molecule has 1 fully saturated rings. The highest BCUT2D eigenvalue weighted by Crippen LogP contribution is 2.27. The molecule has 0 amide bonds. The zero-order chi connectivity index (χ0) is 16.6. The summed E-state index contributed by atoms with van der Waals surface area (Å²) in [6.45, 7) is 6.71. The molecule has 1 N–H and O–H groups in total. The molecule has 0 aliphatic carbocycles. The van der Waals surface area contributed by atoms with Gasteiger partial charge >= 0.3 is 6.18 Å². The summed E-state index contributed by atoms with van der Waals surface area (Å²) in [6, 6.07) is 1.87. The number of alkyl halides is 3. The average Bonchev–Trinajstić information content (AvgIpc) is 2.91. The number of hydrogen-bond donors (Lipinski definition) is 1. The molecule has 1 saturated heterocycles. The van der Waals surface area contributed by atoms with E-state index in [0.29, 0.717) is 11.5 Å². The number of nitrogens with zero attached hydrogens (tertiary/aromatic N) is 5. The Bertz CT molecular complexity index is 696. The first kappa shape index (κ1) is 16.0. The predicted octanol–water partition coefficient (Wildman–Crippen LogP) is 2.35. The predicted molar refractivity (Wildman–Crippen MR) is 79.3 cm³/mol. The standard InChI is InChI=1S/C14H19F3N6/c1-3-22-6-4-5-10(8-22)19-11-7-9(2)18-13-20-12(14(15,16)17)21-23(11)13/h7,10,19H,3-6,8H2,1-2H3/t10-/m0/s1. The normalized spacial score (nSPS) is 20.1. The number of aryl methyl sites for hydroxylation is 1. The van der Waals surface area contributed by atoms with Gasteiger partial charge in [-0.2, -0.15) is 22.7 Å². The van der Waals surface area contributed by atoms with Crippen LogP contribution in [0.25, 0.3) is 5.78 Å². The van der Waals surface area contributed by atoms with Gasteiger partial charge in [0, 0.05) is 24.3 Å². The second-order valence-electron chi connectivity index (χ2n) is 5.80. The van der Waals surface area contributed by atoms with Crippen LogP contribution in [-0.4, -0.2) is 50.2 Å². The van der Waals surface area contributed by atoms with Gasteiger partial charge in [-0.15, -0.1) is 5.10 Å². The van der Waals surface area contributed by atoms with Crippen molar-refractivity contribution >= 4 is 11.6 Å². The van der Waals surface area contributed by atoms with Gasteiger partial charge in [0.05, 0.1) is 0 Å². The van der Waals surface area contributed by atoms with Crippen molar-refractivity contribution in [2.45, 2.75) is 38.9 Å². The number of rotatable bonds is 3. The third-order valence-electron chi connectivity index (χ3n) is 4.00. The zero-order valence-electron chi connectivity index (χ0n) is 13.1. The van der Waals surface area contributed by atoms with Gasteiger partial charge < -0.3 is 10.2 Å². The van der Waals surface area contributed by atoms with Crippen LogP contribution in [0.1, 0.15) is 31.3 Å². The Morgan fingerprint density at radius 3 is 2.83 bits per heavy atom. The minimum absolute atomic E-state index is 0.0389. The van der Waals surface area contributed by atoms with Crippen molar-refractivity contribution < 1.29 is 13.2 Å². The van der Waals surface area contributed by atoms with E-state index in [9.17, 15) is 13.2 Å². The first-order valence-corrected chi connectivity index (χ1v) is 7.67. The molecule has 2 aromatic rings. The molecule has 23 heavy (non-hydrogen) atoms. The summed E-state index contributed by atoms with van der Waals surface area (Å²) in [6.07, 6.45) is -2.55. The summed E-state index contributed by atoms with van der Waals surface area (Å²) >= 11 is 0. The van der Waals surface area contributed by atoms with Gasteiger partial charge in [0.2, 0.25) is 0 Å². The second kappa shape index (κ2) is 5.95. The van der Waals surface area contributed by atoms with Crippen LogP contribution in [0, 0.1) is 6.92 Å². The van der Waals surface area contributed by atoms with Gasteiger partial charge in [0.25, 0.3) is 11.6 Å². The van der Waals surface area contributed by atoms with Gasteiger partial charge in [0.15, 0.2) is 0 Å². The van der Waals surface area contributed by atoms with E-state index in [2.05, 4.69) is 32.2 Å². The minimum Gasteiger partial charge on any atom is -0.366 e. The highest BCUT2D eigenvalue weighted by molar-refractivity contribution is 5.46. The maximum absolute atomic E-state index is 12.8. The van der Waals surface area contributed by atoms with Crippen LogP contribution in [0.4, 0.5) is 19.0 Å². The Hall–Kier alpha value is -1.90. The van der Waals surface area contributed by atoms with Crippen molar-refractivity contribution in [2.75, 3.05) is 25.0 Å². The molecule has 0 radical (unpaired) electrons. The first-order valence-electron chi connectivity index (χ1n) is 7.67. The molecule has 1 atom stereocenters. The number of anilines is 1. The summed E-state index contributed by atoms with van der Waals surface area (Å²) in [5.74, 6) is -0.709. The smallest absolute Gasteiger partial charge is 0.366 e. The molecule has 0 bridgehead atoms. The Morgan fingerprint density at radius 2 is 2.13 bits per heavy atom. The lowest BCUT2D eigenvalue weighted by molar-refractivity contribution is -0.144. The molecule has 1 aliphatic heterocycles. The van der Waals surface area contributed by atoms with Gasteiger partial charge in [0.1, 0.15) is 5.82 Å². The first-order chi connectivity index (χ1) is 10.9. The molecular weight excluding hydrogens is 309 g/mol. The molecule has 126 valence electrons. The summed E-state index contributed by atoms with van der Waals surface area (Å²) < 4.78 is 39.6. The van der Waals surface area contributed by atoms with Crippen LogP contribution in [-0.2, 0) is 6.18 Å². The van der Waals surface area contributed by atoms with Crippen molar-refractivity contribution in [3.05, 3.63) is 17.6 Å². The van der Waals surface area contributed by atoms with E-state index < -0.39 is 12.0 Å². The number of fused-ring (bicyclic) bond motifs is 1. The molecule has 9 heteroatoms. The van der Waals surface area contributed by atoms with Crippen LogP contribution in [0.15, 0.2) is 6.07 Å². The number of piperidine rings is 1. The Balaban J connectivity index is 1.92. The molecule has 0 unspecified atom stereocenters. The largest absolute Gasteiger partial charge is 0.453 e. The fourth-order valence-electron chi connectivity index (χ4n) is 2.88. The van der Waals surface area contributed by atoms with Crippen molar-refractivity contribution in [1.82, 2.24) is 24.5 Å². The van der Waals surface area contributed by atoms with Crippen molar-refractivity contribution in [3.8, 4) is 0 Å². The fraction of sp³-hybridized carbons (Fsp3) is 0.643. The molecule has 2 aromatic heterocycles. The van der Waals surface area contributed by atoms with Gasteiger partial charge in [-0.25, -0.2) is 4.98 Å². The number of halogens is 3. The summed E-state index contributed by atoms with van der Waals surface area (Å²) in [5.41, 5.74) is 0.601. The zero-order valence-corrected chi connectivity index (χ0v) is 13.1. The topological polar surface area (TPSA) is 58.3 Å². The SMILES string of the molecule is CCN1CCC[C@H](Nc2cc(C)nc3nc(C(F)(F)F)nn23)C1. The minimum atomic E-state index is -4.58. The van der Waals surface area contributed by atoms with Crippen LogP contribution < -0.4 is 5.32 Å². The molecule has 1 aliphatic rings. The molecule has 3 heterocycles. The van der Waals surface area contributed by atoms with Crippen molar-refractivity contribution in [3.63, 3.8) is 0 Å². The molecule has 6 nitrogen and oxygen atoms in total. The molecule has 0 saturated carbocycles. The fourth-order valence-corrected chi connectivity index (χ4v) is 2.88. The van der Waals surface area contributed by atoms with E-state index in [1.165, 1.54) is 0 Å². The maximum Gasteiger partial charge on any atom is 0.453 e. The van der Waals surface area contributed by atoms with E-state index in [4.69, 9.17) is 0 Å². The lowest BCUT2D eigenvalue weighted by atomic mass is 10.1. The third-order valence-corrected chi connectivity index (χ3v) is 4.00. The van der Waals surface area contributed by atoms with E-state index >= 15 is 0 Å². The summed E-state index contributed by atoms with van der Waals surface area (Å²) in [7, 11) is 0. The summed E-state index contributed by atoms with van der Waals surface area (Å²) in [4.78, 5) is 9.84. The van der Waals surface area contributed by atoms with Gasteiger partial charge in [-0.05, 0) is 32.9 Å². The molecule has 0 aromatic carbocycles. The van der Waals surface area contributed by atoms with Crippen LogP contribution >= 0.6 is 0 Å². The van der Waals surface area contributed by atoms with E-state index in [-0.39, 0.29) is 11.8 Å². The van der Waals surface area contributed by atoms with Gasteiger partial charge in [-0.3, -0.25) is 0 Å². The highest BCUT2D eigenvalue weighted by atomic mass is 19.4. The Kier molecular flexibility index (Phi) is 4.13. The Labute approximate surface area is 131 Å². The molecule has 3 rings (SSSR count). The highest BCUT2D eigenvalue weighted by Gasteiger charge is 2.37. The number of hydrogen-bond acceptors (Lipinski definition) is 5. The number of likely N-dealkylation sites (N-methyl/N-ethyl adjacent to an activating group) is 1. The van der Waals surface area contributed by atoms with Crippen molar-refractivity contribution in [2.24, 2.45) is 0 Å². The number of aromatic nitrogens is 4. The Morgan fingerprint density at radius 1 is 1.35 bits per heavy atom. The number of nitrogens with one attached hydrogen (secondary N) is 1. The molecule has 0 spiro atoms. The number of likely N-dealkylation sites (tertiary alicyclic amines) is 1. The summed E-state index contributed by atoms with van der Waals surface area (Å²) in [5, 5.41) is 6.88. The van der Waals surface area contributed by atoms with Crippen LogP contribution in [0.2, 0.25) is 0 Å². The van der Waals surface area contributed by atoms with E-state index in [0.717, 1.165) is 37.0 Å². The second-order valence-corrected chi connectivity index (χ2v) is 5.80. The van der Waals surface area contributed by atoms with E-state index in [1.54, 1.807) is 13.0 Å². The molecular formula is C14H19F3N6. The van der Waals surface area contributed by atoms with Crippen LogP contribution in [0.3, 0.4) is 0 Å².